The number of rotatable bonds is 3. The van der Waals surface area contributed by atoms with Crippen molar-refractivity contribution in [3.05, 3.63) is 70.9 Å². The molecule has 1 aliphatic heterocycles. The third kappa shape index (κ3) is 4.37. The van der Waals surface area contributed by atoms with Crippen LogP contribution in [0, 0.1) is 5.82 Å². The Labute approximate surface area is 190 Å². The van der Waals surface area contributed by atoms with Crippen LogP contribution in [-0.2, 0) is 22.1 Å². The van der Waals surface area contributed by atoms with Gasteiger partial charge < -0.3 is 9.88 Å². The van der Waals surface area contributed by atoms with Crippen molar-refractivity contribution in [2.45, 2.75) is 13.8 Å². The number of nitrogens with zero attached hydrogens (tertiary/aromatic N) is 4. The molecule has 1 aliphatic rings. The molecule has 0 unspecified atom stereocenters. The van der Waals surface area contributed by atoms with Crippen molar-refractivity contribution in [2.75, 3.05) is 12.4 Å². The highest BCUT2D eigenvalue weighted by molar-refractivity contribution is 7.88. The molecule has 0 atom stereocenters. The van der Waals surface area contributed by atoms with Crippen molar-refractivity contribution in [3.8, 4) is 0 Å². The number of likely N-dealkylation sites (N-methyl/N-ethyl adjacent to an activating group) is 1. The highest BCUT2D eigenvalue weighted by atomic mass is 35.5. The van der Waals surface area contributed by atoms with Gasteiger partial charge >= 0.3 is 10.2 Å². The largest absolute Gasteiger partial charge is 0.345 e. The number of hydrogen-bond donors (Lipinski definition) is 1. The summed E-state index contributed by atoms with van der Waals surface area (Å²) in [5.41, 5.74) is 1.51. The summed E-state index contributed by atoms with van der Waals surface area (Å²) in [7, 11) is -1.22. The molecule has 0 spiro atoms. The Morgan fingerprint density at radius 3 is 2.47 bits per heavy atom. The lowest BCUT2D eigenvalue weighted by atomic mass is 10.2. The number of halogens is 2. The van der Waals surface area contributed by atoms with Crippen LogP contribution in [0.5, 0.6) is 0 Å². The van der Waals surface area contributed by atoms with Gasteiger partial charge in [-0.1, -0.05) is 37.6 Å². The zero-order valence-corrected chi connectivity index (χ0v) is 19.4. The number of nitrogens with one attached hydrogen (secondary N) is 1. The van der Waals surface area contributed by atoms with E-state index in [-0.39, 0.29) is 22.1 Å². The van der Waals surface area contributed by atoms with Crippen LogP contribution in [0.25, 0.3) is 11.0 Å². The van der Waals surface area contributed by atoms with Gasteiger partial charge in [-0.15, -0.1) is 4.40 Å². The van der Waals surface area contributed by atoms with Crippen molar-refractivity contribution < 1.29 is 17.6 Å². The minimum atomic E-state index is -4.16. The number of hydrogen-bond acceptors (Lipinski definition) is 4. The average Bonchev–Trinajstić information content (AvgIpc) is 3.11. The summed E-state index contributed by atoms with van der Waals surface area (Å²) < 4.78 is 44.7. The molecule has 0 saturated carbocycles. The van der Waals surface area contributed by atoms with Gasteiger partial charge in [0.2, 0.25) is 0 Å². The molecule has 0 aliphatic carbocycles. The Morgan fingerprint density at radius 1 is 1.12 bits per heavy atom. The SMILES string of the molecule is CC.CN1C(C(=O)Nc2ccc(F)c(Cl)c2)=CC(c2nc3ccccc3n2C)=NS1(=O)=O. The van der Waals surface area contributed by atoms with E-state index in [4.69, 9.17) is 11.6 Å². The van der Waals surface area contributed by atoms with Crippen LogP contribution in [0.1, 0.15) is 19.7 Å². The van der Waals surface area contributed by atoms with E-state index < -0.39 is 21.9 Å². The fraction of sp³-hybridized carbons (Fsp3) is 0.190. The molecule has 0 saturated heterocycles. The highest BCUT2D eigenvalue weighted by Crippen LogP contribution is 2.24. The predicted molar refractivity (Wildman–Crippen MR) is 123 cm³/mol. The first-order valence-electron chi connectivity index (χ1n) is 9.66. The van der Waals surface area contributed by atoms with E-state index in [2.05, 4.69) is 14.7 Å². The summed E-state index contributed by atoms with van der Waals surface area (Å²) in [4.78, 5) is 17.2. The van der Waals surface area contributed by atoms with E-state index >= 15 is 0 Å². The van der Waals surface area contributed by atoms with Crippen LogP contribution in [0.2, 0.25) is 5.02 Å². The Hall–Kier alpha value is -3.24. The van der Waals surface area contributed by atoms with Crippen molar-refractivity contribution in [1.29, 1.82) is 0 Å². The first kappa shape index (κ1) is 23.4. The maximum atomic E-state index is 13.4. The third-order valence-electron chi connectivity index (χ3n) is 4.60. The minimum absolute atomic E-state index is 0.0223. The quantitative estimate of drug-likeness (QED) is 0.618. The Morgan fingerprint density at radius 2 is 1.81 bits per heavy atom. The van der Waals surface area contributed by atoms with Crippen molar-refractivity contribution in [3.63, 3.8) is 0 Å². The Balaban J connectivity index is 0.00000141. The number of allylic oxidation sites excluding steroid dienone is 1. The van der Waals surface area contributed by atoms with Crippen LogP contribution in [0.3, 0.4) is 0 Å². The summed E-state index contributed by atoms with van der Waals surface area (Å²) in [6, 6.07) is 10.9. The monoisotopic (exact) mass is 477 g/mol. The molecule has 11 heteroatoms. The average molecular weight is 478 g/mol. The molecular formula is C21H21ClFN5O3S. The van der Waals surface area contributed by atoms with Gasteiger partial charge in [-0.05, 0) is 36.4 Å². The molecule has 1 aromatic heterocycles. The van der Waals surface area contributed by atoms with E-state index in [1.807, 2.05) is 32.0 Å². The number of amides is 1. The van der Waals surface area contributed by atoms with E-state index in [0.29, 0.717) is 11.3 Å². The van der Waals surface area contributed by atoms with Gasteiger partial charge in [0, 0.05) is 19.8 Å². The summed E-state index contributed by atoms with van der Waals surface area (Å²) in [5.74, 6) is -1.07. The molecule has 168 valence electrons. The lowest BCUT2D eigenvalue weighted by molar-refractivity contribution is -0.113. The molecule has 1 amide bonds. The van der Waals surface area contributed by atoms with Gasteiger partial charge in [0.15, 0.2) is 5.82 Å². The normalized spacial score (nSPS) is 14.9. The summed E-state index contributed by atoms with van der Waals surface area (Å²) in [5, 5.41) is 2.34. The zero-order chi connectivity index (χ0) is 23.6. The van der Waals surface area contributed by atoms with Crippen LogP contribution >= 0.6 is 11.6 Å². The first-order chi connectivity index (χ1) is 15.2. The van der Waals surface area contributed by atoms with Crippen molar-refractivity contribution >= 4 is 50.1 Å². The summed E-state index contributed by atoms with van der Waals surface area (Å²) in [6.45, 7) is 4.00. The number of aromatic nitrogens is 2. The summed E-state index contributed by atoms with van der Waals surface area (Å²) >= 11 is 5.74. The molecule has 1 N–H and O–H groups in total. The lowest BCUT2D eigenvalue weighted by Gasteiger charge is -2.23. The van der Waals surface area contributed by atoms with Crippen molar-refractivity contribution in [1.82, 2.24) is 13.9 Å². The second-order valence-electron chi connectivity index (χ2n) is 6.52. The predicted octanol–water partition coefficient (Wildman–Crippen LogP) is 3.89. The van der Waals surface area contributed by atoms with Crippen LogP contribution in [0.15, 0.2) is 58.6 Å². The molecule has 2 heterocycles. The lowest BCUT2D eigenvalue weighted by Crippen LogP contribution is -2.36. The number of aryl methyl sites for hydroxylation is 1. The Kier molecular flexibility index (Phi) is 6.65. The van der Waals surface area contributed by atoms with Gasteiger partial charge in [0.25, 0.3) is 5.91 Å². The molecule has 0 radical (unpaired) electrons. The van der Waals surface area contributed by atoms with E-state index in [0.717, 1.165) is 15.9 Å². The highest BCUT2D eigenvalue weighted by Gasteiger charge is 2.31. The Bertz CT molecular complexity index is 1370. The number of carbonyl (C=O) groups excluding carboxylic acids is 1. The first-order valence-corrected chi connectivity index (χ1v) is 11.4. The third-order valence-corrected chi connectivity index (χ3v) is 6.20. The van der Waals surface area contributed by atoms with Gasteiger partial charge in [0.05, 0.1) is 16.1 Å². The number of para-hydroxylation sites is 2. The molecular weight excluding hydrogens is 457 g/mol. The van der Waals surface area contributed by atoms with Crippen LogP contribution in [0.4, 0.5) is 10.1 Å². The molecule has 32 heavy (non-hydrogen) atoms. The van der Waals surface area contributed by atoms with Crippen LogP contribution in [-0.4, -0.2) is 40.9 Å². The standard InChI is InChI=1S/C19H15ClFN5O3S.C2H6/c1-25-16-6-4-3-5-14(16)23-18(25)15-10-17(26(2)30(28,29)24-15)19(27)22-11-7-8-13(21)12(20)9-11;1-2/h3-10H,1-2H3,(H,22,27);1-2H3. The van der Waals surface area contributed by atoms with E-state index in [9.17, 15) is 17.6 Å². The minimum Gasteiger partial charge on any atom is -0.326 e. The number of anilines is 1. The smallest absolute Gasteiger partial charge is 0.326 e. The molecule has 0 fully saturated rings. The van der Waals surface area contributed by atoms with Gasteiger partial charge in [-0.25, -0.2) is 13.7 Å². The van der Waals surface area contributed by atoms with E-state index in [1.54, 1.807) is 17.7 Å². The summed E-state index contributed by atoms with van der Waals surface area (Å²) in [6.07, 6.45) is 1.34. The topological polar surface area (TPSA) is 96.7 Å². The fourth-order valence-electron chi connectivity index (χ4n) is 3.01. The number of carbonyl (C=O) groups is 1. The number of imidazole rings is 1. The maximum absolute atomic E-state index is 13.4. The van der Waals surface area contributed by atoms with Gasteiger partial charge in [0.1, 0.15) is 17.2 Å². The van der Waals surface area contributed by atoms with Crippen molar-refractivity contribution in [2.24, 2.45) is 11.4 Å². The molecule has 3 aromatic rings. The molecule has 8 nitrogen and oxygen atoms in total. The molecule has 2 aromatic carbocycles. The maximum Gasteiger partial charge on any atom is 0.345 e. The van der Waals surface area contributed by atoms with E-state index in [1.165, 1.54) is 25.3 Å². The molecule has 0 bridgehead atoms. The second kappa shape index (κ2) is 9.09. The van der Waals surface area contributed by atoms with Gasteiger partial charge in [-0.2, -0.15) is 8.42 Å². The fourth-order valence-corrected chi connectivity index (χ4v) is 4.08. The van der Waals surface area contributed by atoms with Gasteiger partial charge in [-0.3, -0.25) is 4.79 Å². The number of fused-ring (bicyclic) bond motifs is 1. The number of benzene rings is 2. The second-order valence-corrected chi connectivity index (χ2v) is 8.55. The van der Waals surface area contributed by atoms with Crippen LogP contribution < -0.4 is 5.32 Å². The zero-order valence-electron chi connectivity index (χ0n) is 17.8. The molecule has 4 rings (SSSR count).